The molecule has 0 amide bonds. The van der Waals surface area contributed by atoms with Gasteiger partial charge in [0.1, 0.15) is 0 Å². The molecule has 0 spiro atoms. The van der Waals surface area contributed by atoms with E-state index in [1.807, 2.05) is 14.0 Å². The van der Waals surface area contributed by atoms with Crippen LogP contribution in [-0.2, 0) is 13.5 Å². The van der Waals surface area contributed by atoms with Crippen LogP contribution in [-0.4, -0.2) is 26.2 Å². The topological polar surface area (TPSA) is 50.9 Å². The van der Waals surface area contributed by atoms with E-state index in [0.29, 0.717) is 0 Å². The molecule has 1 heterocycles. The molecule has 1 saturated carbocycles. The van der Waals surface area contributed by atoms with E-state index < -0.39 is 0 Å². The van der Waals surface area contributed by atoms with E-state index in [2.05, 4.69) is 10.2 Å². The molecule has 1 aromatic rings. The molecule has 2 rings (SSSR count). The van der Waals surface area contributed by atoms with E-state index in [9.17, 15) is 5.11 Å². The minimum atomic E-state index is -0.227. The molecule has 1 atom stereocenters. The van der Waals surface area contributed by atoms with Gasteiger partial charge in [-0.1, -0.05) is 0 Å². The van der Waals surface area contributed by atoms with Crippen molar-refractivity contribution in [2.45, 2.75) is 32.3 Å². The number of hydrogen-bond acceptors (Lipinski definition) is 3. The van der Waals surface area contributed by atoms with Crippen molar-refractivity contribution >= 4 is 0 Å². The molecule has 0 bridgehead atoms. The second-order valence-electron chi connectivity index (χ2n) is 4.04. The van der Waals surface area contributed by atoms with Gasteiger partial charge in [-0.3, -0.25) is 0 Å². The van der Waals surface area contributed by atoms with Crippen LogP contribution < -0.4 is 0 Å². The summed E-state index contributed by atoms with van der Waals surface area (Å²) in [5, 5.41) is 17.8. The predicted molar refractivity (Wildman–Crippen MR) is 48.1 cm³/mol. The third-order valence-corrected chi connectivity index (χ3v) is 2.96. The van der Waals surface area contributed by atoms with Crippen molar-refractivity contribution in [2.24, 2.45) is 12.5 Å². The Kier molecular flexibility index (Phi) is 1.87. The highest BCUT2D eigenvalue weighted by atomic mass is 16.3. The number of hydrogen-bond donors (Lipinski definition) is 1. The summed E-state index contributed by atoms with van der Waals surface area (Å²) in [7, 11) is 1.81. The monoisotopic (exact) mass is 181 g/mol. The highest BCUT2D eigenvalue weighted by Gasteiger charge is 2.47. The minimum Gasteiger partial charge on any atom is -0.393 e. The molecule has 1 N–H and O–H groups in total. The van der Waals surface area contributed by atoms with Crippen LogP contribution in [0.2, 0.25) is 0 Å². The maximum Gasteiger partial charge on any atom is 0.0833 e. The third kappa shape index (κ3) is 1.58. The van der Waals surface area contributed by atoms with Crippen molar-refractivity contribution in [3.8, 4) is 0 Å². The lowest BCUT2D eigenvalue weighted by molar-refractivity contribution is 0.110. The molecule has 1 fully saturated rings. The lowest BCUT2D eigenvalue weighted by Gasteiger charge is -2.16. The Morgan fingerprint density at radius 3 is 2.77 bits per heavy atom. The SMILES string of the molecule is CC(O)C1(Cc2cnn(C)n2)CC1. The van der Waals surface area contributed by atoms with Gasteiger partial charge in [-0.15, -0.1) is 0 Å². The molecule has 4 heteroatoms. The molecule has 4 nitrogen and oxygen atoms in total. The number of nitrogens with zero attached hydrogens (tertiary/aromatic N) is 3. The molecule has 0 aliphatic heterocycles. The Hall–Kier alpha value is -0.900. The maximum absolute atomic E-state index is 9.56. The highest BCUT2D eigenvalue weighted by Crippen LogP contribution is 2.50. The number of rotatable bonds is 3. The van der Waals surface area contributed by atoms with Crippen LogP contribution in [0.4, 0.5) is 0 Å². The molecule has 0 aromatic carbocycles. The molecule has 1 aromatic heterocycles. The second kappa shape index (κ2) is 2.80. The summed E-state index contributed by atoms with van der Waals surface area (Å²) in [5.74, 6) is 0. The average Bonchev–Trinajstić information content (AvgIpc) is 2.72. The quantitative estimate of drug-likeness (QED) is 0.739. The largest absolute Gasteiger partial charge is 0.393 e. The Bertz CT molecular complexity index is 302. The van der Waals surface area contributed by atoms with E-state index in [-0.39, 0.29) is 11.5 Å². The molecule has 1 aliphatic rings. The summed E-state index contributed by atoms with van der Waals surface area (Å²) < 4.78 is 0. The van der Waals surface area contributed by atoms with Gasteiger partial charge in [0.05, 0.1) is 18.0 Å². The van der Waals surface area contributed by atoms with Gasteiger partial charge < -0.3 is 5.11 Å². The summed E-state index contributed by atoms with van der Waals surface area (Å²) >= 11 is 0. The van der Waals surface area contributed by atoms with Crippen molar-refractivity contribution in [3.63, 3.8) is 0 Å². The molecule has 72 valence electrons. The van der Waals surface area contributed by atoms with Gasteiger partial charge in [0.2, 0.25) is 0 Å². The first-order valence-corrected chi connectivity index (χ1v) is 4.66. The molecule has 13 heavy (non-hydrogen) atoms. The van der Waals surface area contributed by atoms with E-state index in [4.69, 9.17) is 0 Å². The molecule has 0 radical (unpaired) electrons. The number of aliphatic hydroxyl groups excluding tert-OH is 1. The van der Waals surface area contributed by atoms with Gasteiger partial charge in [0, 0.05) is 18.9 Å². The summed E-state index contributed by atoms with van der Waals surface area (Å²) in [4.78, 5) is 1.56. The first-order chi connectivity index (χ1) is 6.12. The van der Waals surface area contributed by atoms with Gasteiger partial charge in [0.25, 0.3) is 0 Å². The van der Waals surface area contributed by atoms with E-state index in [0.717, 1.165) is 25.0 Å². The van der Waals surface area contributed by atoms with Gasteiger partial charge in [0.15, 0.2) is 0 Å². The summed E-state index contributed by atoms with van der Waals surface area (Å²) in [6.45, 7) is 1.86. The van der Waals surface area contributed by atoms with Crippen LogP contribution in [0.5, 0.6) is 0 Å². The lowest BCUT2D eigenvalue weighted by Crippen LogP contribution is -2.20. The Labute approximate surface area is 77.6 Å². The summed E-state index contributed by atoms with van der Waals surface area (Å²) in [6, 6.07) is 0. The first-order valence-electron chi connectivity index (χ1n) is 4.66. The van der Waals surface area contributed by atoms with E-state index in [1.54, 1.807) is 11.0 Å². The smallest absolute Gasteiger partial charge is 0.0833 e. The zero-order chi connectivity index (χ0) is 9.47. The van der Waals surface area contributed by atoms with Crippen LogP contribution in [0.25, 0.3) is 0 Å². The van der Waals surface area contributed by atoms with Crippen LogP contribution >= 0.6 is 0 Å². The molecular weight excluding hydrogens is 166 g/mol. The zero-order valence-electron chi connectivity index (χ0n) is 8.06. The highest BCUT2D eigenvalue weighted by molar-refractivity contribution is 5.07. The van der Waals surface area contributed by atoms with Gasteiger partial charge in [-0.25, -0.2) is 0 Å². The van der Waals surface area contributed by atoms with Crippen molar-refractivity contribution in [1.82, 2.24) is 15.0 Å². The molecule has 1 aliphatic carbocycles. The van der Waals surface area contributed by atoms with Crippen LogP contribution in [0.3, 0.4) is 0 Å². The van der Waals surface area contributed by atoms with Gasteiger partial charge in [-0.05, 0) is 19.8 Å². The van der Waals surface area contributed by atoms with E-state index in [1.165, 1.54) is 0 Å². The average molecular weight is 181 g/mol. The fourth-order valence-corrected chi connectivity index (χ4v) is 1.73. The van der Waals surface area contributed by atoms with Crippen molar-refractivity contribution in [2.75, 3.05) is 0 Å². The normalized spacial score (nSPS) is 21.5. The van der Waals surface area contributed by atoms with Gasteiger partial charge >= 0.3 is 0 Å². The Morgan fingerprint density at radius 1 is 1.69 bits per heavy atom. The fourth-order valence-electron chi connectivity index (χ4n) is 1.73. The Balaban J connectivity index is 2.06. The van der Waals surface area contributed by atoms with Crippen molar-refractivity contribution in [3.05, 3.63) is 11.9 Å². The van der Waals surface area contributed by atoms with Crippen molar-refractivity contribution < 1.29 is 5.11 Å². The standard InChI is InChI=1S/C9H15N3O/c1-7(13)9(3-4-9)5-8-6-10-12(2)11-8/h6-7,13H,3-5H2,1-2H3. The summed E-state index contributed by atoms with van der Waals surface area (Å²) in [5.41, 5.74) is 1.09. The van der Waals surface area contributed by atoms with Gasteiger partial charge in [-0.2, -0.15) is 15.0 Å². The second-order valence-corrected chi connectivity index (χ2v) is 4.04. The predicted octanol–water partition coefficient (Wildman–Crippen LogP) is 0.519. The van der Waals surface area contributed by atoms with E-state index >= 15 is 0 Å². The summed E-state index contributed by atoms with van der Waals surface area (Å²) in [6.07, 6.45) is 4.64. The number of aliphatic hydroxyl groups is 1. The minimum absolute atomic E-state index is 0.107. The van der Waals surface area contributed by atoms with Crippen LogP contribution in [0.15, 0.2) is 6.20 Å². The molecule has 1 unspecified atom stereocenters. The number of aryl methyl sites for hydroxylation is 1. The first kappa shape index (κ1) is 8.69. The third-order valence-electron chi connectivity index (χ3n) is 2.96. The van der Waals surface area contributed by atoms with Crippen LogP contribution in [0, 0.1) is 5.41 Å². The molecular formula is C9H15N3O. The maximum atomic E-state index is 9.56. The fraction of sp³-hybridized carbons (Fsp3) is 0.778. The lowest BCUT2D eigenvalue weighted by atomic mass is 9.95. The molecule has 0 saturated heterocycles. The van der Waals surface area contributed by atoms with Crippen LogP contribution in [0.1, 0.15) is 25.5 Å². The zero-order valence-corrected chi connectivity index (χ0v) is 8.06. The number of aromatic nitrogens is 3. The Morgan fingerprint density at radius 2 is 2.38 bits per heavy atom. The van der Waals surface area contributed by atoms with Crippen molar-refractivity contribution in [1.29, 1.82) is 0 Å².